The Morgan fingerprint density at radius 3 is 2.82 bits per heavy atom. The standard InChI is InChI=1S/C7H12ClNO2/c1-4-6(5(2)10)3-11-7(8)9-4/h4,6-7,9H,3H2,1-2H3/t4-,6+,7+/m0/s1. The maximum Gasteiger partial charge on any atom is 0.185 e. The second kappa shape index (κ2) is 3.52. The second-order valence-electron chi connectivity index (χ2n) is 2.82. The first-order valence-corrected chi connectivity index (χ1v) is 4.07. The van der Waals surface area contributed by atoms with E-state index < -0.39 is 5.69 Å². The second-order valence-corrected chi connectivity index (χ2v) is 3.22. The SMILES string of the molecule is CC(=O)[C@@H]1CO[C@H](Cl)N[C@H]1C. The Labute approximate surface area is 71.1 Å². The fraction of sp³-hybridized carbons (Fsp3) is 0.857. The van der Waals surface area contributed by atoms with Crippen LogP contribution in [0.5, 0.6) is 0 Å². The lowest BCUT2D eigenvalue weighted by atomic mass is 9.97. The van der Waals surface area contributed by atoms with E-state index >= 15 is 0 Å². The summed E-state index contributed by atoms with van der Waals surface area (Å²) in [6.07, 6.45) is 0. The quantitative estimate of drug-likeness (QED) is 0.474. The summed E-state index contributed by atoms with van der Waals surface area (Å²) in [7, 11) is 0. The van der Waals surface area contributed by atoms with Gasteiger partial charge in [-0.25, -0.2) is 0 Å². The first-order chi connectivity index (χ1) is 5.11. The van der Waals surface area contributed by atoms with Crippen LogP contribution in [-0.4, -0.2) is 24.1 Å². The van der Waals surface area contributed by atoms with Crippen LogP contribution in [-0.2, 0) is 9.53 Å². The number of alkyl halides is 1. The lowest BCUT2D eigenvalue weighted by Gasteiger charge is -2.31. The van der Waals surface area contributed by atoms with Crippen molar-refractivity contribution in [3.05, 3.63) is 0 Å². The molecule has 1 aliphatic heterocycles. The third-order valence-electron chi connectivity index (χ3n) is 1.94. The van der Waals surface area contributed by atoms with Crippen molar-refractivity contribution in [3.63, 3.8) is 0 Å². The van der Waals surface area contributed by atoms with Gasteiger partial charge >= 0.3 is 0 Å². The summed E-state index contributed by atoms with van der Waals surface area (Å²) >= 11 is 5.64. The summed E-state index contributed by atoms with van der Waals surface area (Å²) in [5, 5.41) is 2.93. The first-order valence-electron chi connectivity index (χ1n) is 3.63. The van der Waals surface area contributed by atoms with E-state index in [1.54, 1.807) is 6.92 Å². The van der Waals surface area contributed by atoms with Crippen LogP contribution in [0, 0.1) is 5.92 Å². The van der Waals surface area contributed by atoms with E-state index in [9.17, 15) is 4.79 Å². The number of ketones is 1. The van der Waals surface area contributed by atoms with E-state index in [4.69, 9.17) is 16.3 Å². The number of Topliss-reactive ketones (excluding diaryl/α,β-unsaturated/α-hetero) is 1. The highest BCUT2D eigenvalue weighted by molar-refractivity contribution is 6.19. The van der Waals surface area contributed by atoms with Gasteiger partial charge in [-0.15, -0.1) is 0 Å². The van der Waals surface area contributed by atoms with Crippen LogP contribution in [0.15, 0.2) is 0 Å². The fourth-order valence-corrected chi connectivity index (χ4v) is 1.44. The molecule has 0 unspecified atom stereocenters. The van der Waals surface area contributed by atoms with Crippen LogP contribution in [0.2, 0.25) is 0 Å². The minimum absolute atomic E-state index is 0.0509. The average molecular weight is 178 g/mol. The molecule has 0 spiro atoms. The molecule has 0 aliphatic carbocycles. The molecule has 1 saturated heterocycles. The minimum atomic E-state index is -0.444. The van der Waals surface area contributed by atoms with Gasteiger partial charge in [0.2, 0.25) is 0 Å². The molecule has 1 aliphatic rings. The number of halogens is 1. The predicted octanol–water partition coefficient (Wildman–Crippen LogP) is 0.722. The van der Waals surface area contributed by atoms with Gasteiger partial charge in [0.25, 0.3) is 0 Å². The topological polar surface area (TPSA) is 38.3 Å². The Morgan fingerprint density at radius 2 is 2.36 bits per heavy atom. The number of hydrogen-bond acceptors (Lipinski definition) is 3. The molecule has 1 fully saturated rings. The largest absolute Gasteiger partial charge is 0.348 e. The molecule has 3 nitrogen and oxygen atoms in total. The zero-order valence-corrected chi connectivity index (χ0v) is 7.39. The Bertz CT molecular complexity index is 163. The molecule has 0 aromatic rings. The third kappa shape index (κ3) is 2.15. The number of ether oxygens (including phenoxy) is 1. The van der Waals surface area contributed by atoms with Gasteiger partial charge < -0.3 is 4.74 Å². The number of nitrogens with one attached hydrogen (secondary N) is 1. The van der Waals surface area contributed by atoms with Gasteiger partial charge in [0.15, 0.2) is 5.69 Å². The van der Waals surface area contributed by atoms with E-state index in [0.717, 1.165) is 0 Å². The van der Waals surface area contributed by atoms with E-state index in [0.29, 0.717) is 6.61 Å². The first kappa shape index (κ1) is 8.97. The lowest BCUT2D eigenvalue weighted by molar-refractivity contribution is -0.127. The molecule has 1 rings (SSSR count). The average Bonchev–Trinajstić information content (AvgIpc) is 1.85. The van der Waals surface area contributed by atoms with Crippen LogP contribution >= 0.6 is 11.6 Å². The summed E-state index contributed by atoms with van der Waals surface area (Å²) in [6.45, 7) is 3.93. The van der Waals surface area contributed by atoms with Crippen LogP contribution in [0.1, 0.15) is 13.8 Å². The summed E-state index contributed by atoms with van der Waals surface area (Å²) in [6, 6.07) is 0.115. The van der Waals surface area contributed by atoms with Gasteiger partial charge in [0.05, 0.1) is 12.5 Å². The van der Waals surface area contributed by atoms with Crippen LogP contribution in [0.25, 0.3) is 0 Å². The van der Waals surface area contributed by atoms with Crippen molar-refractivity contribution in [2.45, 2.75) is 25.6 Å². The maximum atomic E-state index is 11.0. The molecule has 11 heavy (non-hydrogen) atoms. The normalized spacial score (nSPS) is 38.6. The van der Waals surface area contributed by atoms with E-state index in [1.165, 1.54) is 0 Å². The molecule has 1 heterocycles. The van der Waals surface area contributed by atoms with Crippen LogP contribution in [0.3, 0.4) is 0 Å². The number of rotatable bonds is 1. The van der Waals surface area contributed by atoms with Crippen molar-refractivity contribution in [1.29, 1.82) is 0 Å². The molecule has 1 N–H and O–H groups in total. The van der Waals surface area contributed by atoms with Crippen molar-refractivity contribution >= 4 is 17.4 Å². The van der Waals surface area contributed by atoms with E-state index in [-0.39, 0.29) is 17.7 Å². The van der Waals surface area contributed by atoms with Crippen molar-refractivity contribution in [2.24, 2.45) is 5.92 Å². The van der Waals surface area contributed by atoms with Crippen molar-refractivity contribution in [3.8, 4) is 0 Å². The molecular formula is C7H12ClNO2. The van der Waals surface area contributed by atoms with Gasteiger partial charge in [-0.05, 0) is 13.8 Å². The highest BCUT2D eigenvalue weighted by atomic mass is 35.5. The van der Waals surface area contributed by atoms with Gasteiger partial charge in [-0.1, -0.05) is 11.6 Å². The summed E-state index contributed by atoms with van der Waals surface area (Å²) in [5.41, 5.74) is -0.444. The smallest absolute Gasteiger partial charge is 0.185 e. The molecule has 64 valence electrons. The Balaban J connectivity index is 2.50. The zero-order chi connectivity index (χ0) is 8.43. The highest BCUT2D eigenvalue weighted by Crippen LogP contribution is 2.14. The molecule has 0 radical (unpaired) electrons. The molecule has 0 aromatic carbocycles. The van der Waals surface area contributed by atoms with E-state index in [1.807, 2.05) is 6.92 Å². The van der Waals surface area contributed by atoms with Gasteiger partial charge in [0.1, 0.15) is 5.78 Å². The van der Waals surface area contributed by atoms with Crippen LogP contribution < -0.4 is 5.32 Å². The van der Waals surface area contributed by atoms with Gasteiger partial charge in [0, 0.05) is 6.04 Å². The summed E-state index contributed by atoms with van der Waals surface area (Å²) in [4.78, 5) is 11.0. The Hall–Kier alpha value is -0.120. The fourth-order valence-electron chi connectivity index (χ4n) is 1.17. The Morgan fingerprint density at radius 1 is 1.73 bits per heavy atom. The molecular weight excluding hydrogens is 166 g/mol. The van der Waals surface area contributed by atoms with Crippen molar-refractivity contribution in [1.82, 2.24) is 5.32 Å². The number of carbonyl (C=O) groups is 1. The van der Waals surface area contributed by atoms with Crippen molar-refractivity contribution in [2.75, 3.05) is 6.61 Å². The highest BCUT2D eigenvalue weighted by Gasteiger charge is 2.29. The molecule has 3 atom stereocenters. The van der Waals surface area contributed by atoms with Gasteiger partial charge in [-0.3, -0.25) is 10.1 Å². The number of carbonyl (C=O) groups excluding carboxylic acids is 1. The molecule has 0 amide bonds. The molecule has 0 saturated carbocycles. The maximum absolute atomic E-state index is 11.0. The van der Waals surface area contributed by atoms with Crippen molar-refractivity contribution < 1.29 is 9.53 Å². The van der Waals surface area contributed by atoms with Crippen LogP contribution in [0.4, 0.5) is 0 Å². The molecule has 0 bridgehead atoms. The van der Waals surface area contributed by atoms with E-state index in [2.05, 4.69) is 5.32 Å². The molecule has 4 heteroatoms. The lowest BCUT2D eigenvalue weighted by Crippen LogP contribution is -2.49. The molecule has 0 aromatic heterocycles. The Kier molecular flexibility index (Phi) is 2.87. The number of hydrogen-bond donors (Lipinski definition) is 1. The summed E-state index contributed by atoms with van der Waals surface area (Å²) < 4.78 is 5.06. The zero-order valence-electron chi connectivity index (χ0n) is 6.63. The monoisotopic (exact) mass is 177 g/mol. The predicted molar refractivity (Wildman–Crippen MR) is 42.4 cm³/mol. The third-order valence-corrected chi connectivity index (χ3v) is 2.19. The summed E-state index contributed by atoms with van der Waals surface area (Å²) in [5.74, 6) is 0.0959. The minimum Gasteiger partial charge on any atom is -0.348 e. The van der Waals surface area contributed by atoms with Gasteiger partial charge in [-0.2, -0.15) is 0 Å².